The average Bonchev–Trinajstić information content (AvgIpc) is 2.41. The molecule has 19 heavy (non-hydrogen) atoms. The van der Waals surface area contributed by atoms with E-state index in [0.717, 1.165) is 5.56 Å². The van der Waals surface area contributed by atoms with Crippen LogP contribution in [0.4, 0.5) is 0 Å². The van der Waals surface area contributed by atoms with Crippen molar-refractivity contribution in [3.8, 4) is 23.3 Å². The Labute approximate surface area is 111 Å². The van der Waals surface area contributed by atoms with E-state index < -0.39 is 0 Å². The number of benzene rings is 2. The fraction of sp³-hybridized carbons (Fsp3) is 0.0625. The number of rotatable bonds is 1. The number of aldehydes is 1. The number of hydrogen-bond donors (Lipinski definition) is 2. The van der Waals surface area contributed by atoms with Gasteiger partial charge in [0.15, 0.2) is 6.29 Å². The summed E-state index contributed by atoms with van der Waals surface area (Å²) in [6, 6.07) is 9.79. The second-order valence-electron chi connectivity index (χ2n) is 4.15. The number of phenolic OH excluding ortho intramolecular Hbond substituents is 2. The average molecular weight is 252 g/mol. The molecule has 0 heterocycles. The lowest BCUT2D eigenvalue weighted by Crippen LogP contribution is -1.88. The van der Waals surface area contributed by atoms with E-state index in [1.807, 2.05) is 0 Å². The van der Waals surface area contributed by atoms with Crippen molar-refractivity contribution in [2.24, 2.45) is 0 Å². The third-order valence-electron chi connectivity index (χ3n) is 2.68. The normalized spacial score (nSPS) is 9.53. The van der Waals surface area contributed by atoms with Gasteiger partial charge in [0, 0.05) is 11.1 Å². The Balaban J connectivity index is 2.37. The molecule has 0 radical (unpaired) electrons. The van der Waals surface area contributed by atoms with Gasteiger partial charge >= 0.3 is 0 Å². The molecular weight excluding hydrogens is 240 g/mol. The van der Waals surface area contributed by atoms with Gasteiger partial charge in [-0.05, 0) is 48.9 Å². The van der Waals surface area contributed by atoms with E-state index in [0.29, 0.717) is 17.4 Å². The molecule has 0 atom stereocenters. The molecule has 0 unspecified atom stereocenters. The van der Waals surface area contributed by atoms with E-state index in [2.05, 4.69) is 11.8 Å². The van der Waals surface area contributed by atoms with Crippen LogP contribution in [-0.2, 0) is 0 Å². The van der Waals surface area contributed by atoms with Crippen LogP contribution in [0.3, 0.4) is 0 Å². The minimum absolute atomic E-state index is 0.00909. The van der Waals surface area contributed by atoms with Gasteiger partial charge in [-0.15, -0.1) is 0 Å². The number of phenols is 2. The summed E-state index contributed by atoms with van der Waals surface area (Å²) in [6.45, 7) is 1.72. The Morgan fingerprint density at radius 2 is 1.63 bits per heavy atom. The van der Waals surface area contributed by atoms with Crippen LogP contribution in [0.2, 0.25) is 0 Å². The largest absolute Gasteiger partial charge is 0.508 e. The first-order valence-corrected chi connectivity index (χ1v) is 5.70. The van der Waals surface area contributed by atoms with E-state index in [1.165, 1.54) is 0 Å². The Morgan fingerprint density at radius 3 is 2.26 bits per heavy atom. The maximum atomic E-state index is 10.8. The summed E-state index contributed by atoms with van der Waals surface area (Å²) in [7, 11) is 0. The van der Waals surface area contributed by atoms with Gasteiger partial charge in [0.05, 0.1) is 5.56 Å². The van der Waals surface area contributed by atoms with Crippen molar-refractivity contribution in [3.05, 3.63) is 58.7 Å². The standard InChI is InChI=1S/C16H12O3/c1-11-8-13(9-14(10-17)16(11)19)3-2-12-4-6-15(18)7-5-12/h4-10,18-19H,1H3. The van der Waals surface area contributed by atoms with Crippen molar-refractivity contribution in [1.82, 2.24) is 0 Å². The van der Waals surface area contributed by atoms with E-state index in [1.54, 1.807) is 43.3 Å². The molecule has 0 aliphatic carbocycles. The van der Waals surface area contributed by atoms with E-state index in [-0.39, 0.29) is 17.1 Å². The molecule has 2 aromatic carbocycles. The van der Waals surface area contributed by atoms with Crippen LogP contribution >= 0.6 is 0 Å². The van der Waals surface area contributed by atoms with Gasteiger partial charge in [0.1, 0.15) is 11.5 Å². The summed E-state index contributed by atoms with van der Waals surface area (Å²) in [5.41, 5.74) is 2.26. The third kappa shape index (κ3) is 2.93. The van der Waals surface area contributed by atoms with Gasteiger partial charge in [-0.1, -0.05) is 11.8 Å². The zero-order valence-corrected chi connectivity index (χ0v) is 10.3. The van der Waals surface area contributed by atoms with Gasteiger partial charge in [0.2, 0.25) is 0 Å². The molecular formula is C16H12O3. The van der Waals surface area contributed by atoms with Crippen LogP contribution in [0.25, 0.3) is 0 Å². The molecule has 0 amide bonds. The zero-order chi connectivity index (χ0) is 13.8. The van der Waals surface area contributed by atoms with Crippen molar-refractivity contribution in [2.75, 3.05) is 0 Å². The Kier molecular flexibility index (Phi) is 3.53. The number of hydrogen-bond acceptors (Lipinski definition) is 3. The first kappa shape index (κ1) is 12.7. The smallest absolute Gasteiger partial charge is 0.153 e. The molecule has 0 saturated carbocycles. The minimum atomic E-state index is -0.00909. The molecule has 0 bridgehead atoms. The fourth-order valence-corrected chi connectivity index (χ4v) is 1.66. The molecule has 0 fully saturated rings. The highest BCUT2D eigenvalue weighted by Gasteiger charge is 2.04. The van der Waals surface area contributed by atoms with Gasteiger partial charge in [-0.2, -0.15) is 0 Å². The van der Waals surface area contributed by atoms with Gasteiger partial charge in [0.25, 0.3) is 0 Å². The molecule has 0 spiro atoms. The Morgan fingerprint density at radius 1 is 1.00 bits per heavy atom. The third-order valence-corrected chi connectivity index (χ3v) is 2.68. The van der Waals surface area contributed by atoms with Crippen molar-refractivity contribution in [3.63, 3.8) is 0 Å². The molecule has 0 aromatic heterocycles. The quantitative estimate of drug-likeness (QED) is 0.606. The van der Waals surface area contributed by atoms with Crippen LogP contribution < -0.4 is 0 Å². The highest BCUT2D eigenvalue weighted by Crippen LogP contribution is 2.22. The highest BCUT2D eigenvalue weighted by atomic mass is 16.3. The number of aryl methyl sites for hydroxylation is 1. The number of carbonyl (C=O) groups excluding carboxylic acids is 1. The lowest BCUT2D eigenvalue weighted by atomic mass is 10.1. The Bertz CT molecular complexity index is 674. The minimum Gasteiger partial charge on any atom is -0.508 e. The summed E-state index contributed by atoms with van der Waals surface area (Å²) >= 11 is 0. The van der Waals surface area contributed by atoms with Crippen LogP contribution in [0.5, 0.6) is 11.5 Å². The molecule has 0 saturated heterocycles. The maximum Gasteiger partial charge on any atom is 0.153 e. The SMILES string of the molecule is Cc1cc(C#Cc2ccc(O)cc2)cc(C=O)c1O. The maximum absolute atomic E-state index is 10.8. The lowest BCUT2D eigenvalue weighted by molar-refractivity contribution is 0.112. The first-order valence-electron chi connectivity index (χ1n) is 5.70. The van der Waals surface area contributed by atoms with Crippen LogP contribution in [-0.4, -0.2) is 16.5 Å². The molecule has 2 aromatic rings. The van der Waals surface area contributed by atoms with Gasteiger partial charge < -0.3 is 10.2 Å². The number of carbonyl (C=O) groups is 1. The van der Waals surface area contributed by atoms with Crippen LogP contribution in [0, 0.1) is 18.8 Å². The molecule has 2 N–H and O–H groups in total. The molecule has 0 aliphatic heterocycles. The van der Waals surface area contributed by atoms with Crippen molar-refractivity contribution in [2.45, 2.75) is 6.92 Å². The zero-order valence-electron chi connectivity index (χ0n) is 10.3. The van der Waals surface area contributed by atoms with Crippen molar-refractivity contribution in [1.29, 1.82) is 0 Å². The molecule has 94 valence electrons. The first-order chi connectivity index (χ1) is 9.10. The fourth-order valence-electron chi connectivity index (χ4n) is 1.66. The Hall–Kier alpha value is -2.73. The second-order valence-corrected chi connectivity index (χ2v) is 4.15. The predicted octanol–water partition coefficient (Wildman–Crippen LogP) is 2.62. The lowest BCUT2D eigenvalue weighted by Gasteiger charge is -2.02. The van der Waals surface area contributed by atoms with Crippen molar-refractivity contribution >= 4 is 6.29 Å². The number of aromatic hydroxyl groups is 2. The summed E-state index contributed by atoms with van der Waals surface area (Å²) in [5.74, 6) is 6.03. The second kappa shape index (κ2) is 5.28. The highest BCUT2D eigenvalue weighted by molar-refractivity contribution is 5.81. The molecule has 2 rings (SSSR count). The topological polar surface area (TPSA) is 57.5 Å². The van der Waals surface area contributed by atoms with Crippen LogP contribution in [0.15, 0.2) is 36.4 Å². The summed E-state index contributed by atoms with van der Waals surface area (Å²) in [5, 5.41) is 18.8. The van der Waals surface area contributed by atoms with Crippen LogP contribution in [0.1, 0.15) is 27.0 Å². The molecule has 0 aliphatic rings. The van der Waals surface area contributed by atoms with Crippen molar-refractivity contribution < 1.29 is 15.0 Å². The summed E-state index contributed by atoms with van der Waals surface area (Å²) < 4.78 is 0. The summed E-state index contributed by atoms with van der Waals surface area (Å²) in [6.07, 6.45) is 0.605. The van der Waals surface area contributed by atoms with E-state index in [9.17, 15) is 9.90 Å². The predicted molar refractivity (Wildman–Crippen MR) is 72.3 cm³/mol. The monoisotopic (exact) mass is 252 g/mol. The van der Waals surface area contributed by atoms with Gasteiger partial charge in [-0.25, -0.2) is 0 Å². The summed E-state index contributed by atoms with van der Waals surface area (Å²) in [4.78, 5) is 10.8. The van der Waals surface area contributed by atoms with E-state index in [4.69, 9.17) is 5.11 Å². The van der Waals surface area contributed by atoms with E-state index >= 15 is 0 Å². The molecule has 3 nitrogen and oxygen atoms in total. The molecule has 3 heteroatoms. The van der Waals surface area contributed by atoms with Gasteiger partial charge in [-0.3, -0.25) is 4.79 Å².